The largest absolute Gasteiger partial charge is 0.452 e. The SMILES string of the molecule is CC1C=C(c2ccc3c4ccccc4n(-c4cccc(-c5ncnc6c5oc5ccccc56)c4)c3c2)C=C2c3ccccc3N(c3ccccc3)C21. The van der Waals surface area contributed by atoms with Gasteiger partial charge >= 0.3 is 0 Å². The summed E-state index contributed by atoms with van der Waals surface area (Å²) in [5, 5.41) is 3.44. The van der Waals surface area contributed by atoms with Gasteiger partial charge in [-0.3, -0.25) is 0 Å². The highest BCUT2D eigenvalue weighted by molar-refractivity contribution is 6.11. The summed E-state index contributed by atoms with van der Waals surface area (Å²) in [5.41, 5.74) is 15.1. The lowest BCUT2D eigenvalue weighted by molar-refractivity contribution is 0.639. The molecule has 0 amide bonds. The fourth-order valence-corrected chi connectivity index (χ4v) is 8.67. The van der Waals surface area contributed by atoms with Crippen LogP contribution in [-0.4, -0.2) is 20.6 Å². The van der Waals surface area contributed by atoms with E-state index >= 15 is 0 Å². The molecule has 4 heterocycles. The van der Waals surface area contributed by atoms with Crippen molar-refractivity contribution in [3.8, 4) is 16.9 Å². The zero-order chi connectivity index (χ0) is 34.3. The number of rotatable bonds is 4. The molecule has 52 heavy (non-hydrogen) atoms. The predicted octanol–water partition coefficient (Wildman–Crippen LogP) is 11.8. The van der Waals surface area contributed by atoms with Crippen molar-refractivity contribution in [2.45, 2.75) is 13.0 Å². The number of hydrogen-bond acceptors (Lipinski definition) is 4. The monoisotopic (exact) mass is 668 g/mol. The Kier molecular flexibility index (Phi) is 6.23. The lowest BCUT2D eigenvalue weighted by Gasteiger charge is -2.33. The Hall–Kier alpha value is -6.72. The van der Waals surface area contributed by atoms with Gasteiger partial charge in [-0.25, -0.2) is 9.97 Å². The van der Waals surface area contributed by atoms with Crippen molar-refractivity contribution in [2.24, 2.45) is 5.92 Å². The van der Waals surface area contributed by atoms with Crippen LogP contribution in [0.4, 0.5) is 11.4 Å². The van der Waals surface area contributed by atoms with Crippen LogP contribution in [0.5, 0.6) is 0 Å². The zero-order valence-corrected chi connectivity index (χ0v) is 28.4. The second kappa shape index (κ2) is 11.1. The first kappa shape index (κ1) is 29.1. The predicted molar refractivity (Wildman–Crippen MR) is 213 cm³/mol. The van der Waals surface area contributed by atoms with E-state index in [1.54, 1.807) is 6.33 Å². The molecule has 0 saturated heterocycles. The molecule has 11 rings (SSSR count). The average molecular weight is 669 g/mol. The minimum absolute atomic E-state index is 0.237. The molecule has 2 atom stereocenters. The van der Waals surface area contributed by atoms with E-state index < -0.39 is 0 Å². The van der Waals surface area contributed by atoms with Gasteiger partial charge in [0.25, 0.3) is 0 Å². The van der Waals surface area contributed by atoms with Crippen molar-refractivity contribution < 1.29 is 4.42 Å². The number of furan rings is 1. The Morgan fingerprint density at radius 2 is 1.38 bits per heavy atom. The number of para-hydroxylation sites is 4. The molecule has 0 bridgehead atoms. The summed E-state index contributed by atoms with van der Waals surface area (Å²) in [6.45, 7) is 2.35. The molecule has 0 saturated carbocycles. The first-order chi connectivity index (χ1) is 25.7. The van der Waals surface area contributed by atoms with Crippen molar-refractivity contribution in [1.29, 1.82) is 0 Å². The highest BCUT2D eigenvalue weighted by Gasteiger charge is 2.39. The van der Waals surface area contributed by atoms with Gasteiger partial charge in [-0.2, -0.15) is 0 Å². The molecule has 5 nitrogen and oxygen atoms in total. The Morgan fingerprint density at radius 3 is 2.31 bits per heavy atom. The second-order valence-corrected chi connectivity index (χ2v) is 13.9. The highest BCUT2D eigenvalue weighted by atomic mass is 16.3. The van der Waals surface area contributed by atoms with Crippen LogP contribution in [0.1, 0.15) is 18.1 Å². The van der Waals surface area contributed by atoms with Crippen LogP contribution in [0.3, 0.4) is 0 Å². The molecule has 0 fully saturated rings. The van der Waals surface area contributed by atoms with E-state index in [2.05, 4.69) is 155 Å². The fourth-order valence-electron chi connectivity index (χ4n) is 8.67. The van der Waals surface area contributed by atoms with E-state index in [0.717, 1.165) is 38.9 Å². The molecule has 2 unspecified atom stereocenters. The van der Waals surface area contributed by atoms with Crippen molar-refractivity contribution in [1.82, 2.24) is 14.5 Å². The van der Waals surface area contributed by atoms with Gasteiger partial charge in [0.05, 0.1) is 17.1 Å². The highest BCUT2D eigenvalue weighted by Crippen LogP contribution is 2.50. The normalized spacial score (nSPS) is 16.8. The Bertz CT molecular complexity index is 2950. The smallest absolute Gasteiger partial charge is 0.180 e. The number of aromatic nitrogens is 3. The van der Waals surface area contributed by atoms with Gasteiger partial charge in [0.15, 0.2) is 5.58 Å². The number of fused-ring (bicyclic) bond motifs is 9. The van der Waals surface area contributed by atoms with Crippen LogP contribution in [0.15, 0.2) is 168 Å². The number of allylic oxidation sites excluding steroid dienone is 2. The van der Waals surface area contributed by atoms with Crippen molar-refractivity contribution in [3.05, 3.63) is 175 Å². The molecular weight excluding hydrogens is 637 g/mol. The standard InChI is InChI=1S/C47H32N4O/c1-29-24-32(26-39-36-17-6-9-20-41(36)51(46(29)39)33-13-3-2-4-14-33)30-22-23-37-35-16-5-8-19-40(35)50(42(37)27-30)34-15-11-12-31(25-34)44-47-45(49-28-48-44)38-18-7-10-21-43(38)52-47/h2-29,46H,1H3. The van der Waals surface area contributed by atoms with Crippen LogP contribution in [0.25, 0.3) is 72.0 Å². The molecule has 5 heteroatoms. The molecule has 1 aliphatic heterocycles. The third kappa shape index (κ3) is 4.23. The Balaban J connectivity index is 1.06. The zero-order valence-electron chi connectivity index (χ0n) is 28.4. The van der Waals surface area contributed by atoms with E-state index in [1.165, 1.54) is 49.9 Å². The molecule has 9 aromatic rings. The third-order valence-corrected chi connectivity index (χ3v) is 10.9. The summed E-state index contributed by atoms with van der Waals surface area (Å²) >= 11 is 0. The Labute approximate surface area is 300 Å². The van der Waals surface area contributed by atoms with Crippen LogP contribution in [0, 0.1) is 5.92 Å². The van der Waals surface area contributed by atoms with Gasteiger partial charge in [-0.1, -0.05) is 104 Å². The van der Waals surface area contributed by atoms with Gasteiger partial charge in [0.1, 0.15) is 23.1 Å². The molecule has 0 spiro atoms. The van der Waals surface area contributed by atoms with Crippen molar-refractivity contribution in [3.63, 3.8) is 0 Å². The van der Waals surface area contributed by atoms with Crippen LogP contribution in [0.2, 0.25) is 0 Å². The minimum atomic E-state index is 0.237. The van der Waals surface area contributed by atoms with Crippen LogP contribution >= 0.6 is 0 Å². The quantitative estimate of drug-likeness (QED) is 0.187. The van der Waals surface area contributed by atoms with E-state index in [-0.39, 0.29) is 6.04 Å². The molecule has 3 aromatic heterocycles. The molecule has 2 aliphatic rings. The topological polar surface area (TPSA) is 47.1 Å². The molecule has 0 N–H and O–H groups in total. The van der Waals surface area contributed by atoms with Gasteiger partial charge in [0, 0.05) is 44.3 Å². The van der Waals surface area contributed by atoms with E-state index in [1.807, 2.05) is 24.3 Å². The number of nitrogens with zero attached hydrogens (tertiary/aromatic N) is 4. The van der Waals surface area contributed by atoms with Crippen molar-refractivity contribution >= 4 is 66.4 Å². The molecule has 246 valence electrons. The maximum atomic E-state index is 6.34. The summed E-state index contributed by atoms with van der Waals surface area (Å²) in [4.78, 5) is 11.9. The van der Waals surface area contributed by atoms with Crippen molar-refractivity contribution in [2.75, 3.05) is 4.90 Å². The second-order valence-electron chi connectivity index (χ2n) is 13.9. The first-order valence-corrected chi connectivity index (χ1v) is 17.8. The van der Waals surface area contributed by atoms with Crippen LogP contribution in [-0.2, 0) is 0 Å². The lowest BCUT2D eigenvalue weighted by Crippen LogP contribution is -2.33. The summed E-state index contributed by atoms with van der Waals surface area (Å²) in [6, 6.07) is 52.2. The third-order valence-electron chi connectivity index (χ3n) is 10.9. The molecular formula is C47H32N4O. The molecule has 6 aromatic carbocycles. The first-order valence-electron chi connectivity index (χ1n) is 17.8. The van der Waals surface area contributed by atoms with Gasteiger partial charge in [-0.15, -0.1) is 0 Å². The molecule has 0 radical (unpaired) electrons. The minimum Gasteiger partial charge on any atom is -0.452 e. The van der Waals surface area contributed by atoms with Crippen LogP contribution < -0.4 is 4.90 Å². The summed E-state index contributed by atoms with van der Waals surface area (Å²) < 4.78 is 8.73. The lowest BCUT2D eigenvalue weighted by atomic mass is 9.83. The number of benzene rings is 6. The van der Waals surface area contributed by atoms with E-state index in [0.29, 0.717) is 11.5 Å². The Morgan fingerprint density at radius 1 is 0.615 bits per heavy atom. The summed E-state index contributed by atoms with van der Waals surface area (Å²) in [5.74, 6) is 0.295. The maximum absolute atomic E-state index is 6.34. The average Bonchev–Trinajstić information content (AvgIpc) is 3.86. The number of anilines is 2. The van der Waals surface area contributed by atoms with E-state index in [9.17, 15) is 0 Å². The van der Waals surface area contributed by atoms with E-state index in [4.69, 9.17) is 9.40 Å². The van der Waals surface area contributed by atoms with Gasteiger partial charge in [-0.05, 0) is 83.3 Å². The van der Waals surface area contributed by atoms with Gasteiger partial charge < -0.3 is 13.9 Å². The maximum Gasteiger partial charge on any atom is 0.180 e. The number of hydrogen-bond donors (Lipinski definition) is 0. The summed E-state index contributed by atoms with van der Waals surface area (Å²) in [6.07, 6.45) is 6.52. The van der Waals surface area contributed by atoms with Gasteiger partial charge in [0.2, 0.25) is 0 Å². The fraction of sp³-hybridized carbons (Fsp3) is 0.0638. The summed E-state index contributed by atoms with van der Waals surface area (Å²) in [7, 11) is 0. The molecule has 1 aliphatic carbocycles.